The summed E-state index contributed by atoms with van der Waals surface area (Å²) in [5.74, 6) is 0.0625. The van der Waals surface area contributed by atoms with Crippen molar-refractivity contribution in [2.24, 2.45) is 0 Å². The molecule has 0 saturated heterocycles. The van der Waals surface area contributed by atoms with Crippen LogP contribution in [0.15, 0.2) is 65.6 Å². The molecule has 6 heteroatoms. The molecule has 29 heavy (non-hydrogen) atoms. The molecule has 0 aliphatic heterocycles. The molecule has 4 rings (SSSR count). The van der Waals surface area contributed by atoms with Crippen molar-refractivity contribution in [2.75, 3.05) is 0 Å². The predicted octanol–water partition coefficient (Wildman–Crippen LogP) is 4.30. The summed E-state index contributed by atoms with van der Waals surface area (Å²) in [6.07, 6.45) is 2.59. The van der Waals surface area contributed by atoms with Gasteiger partial charge in [0.25, 0.3) is 5.56 Å². The zero-order valence-electron chi connectivity index (χ0n) is 16.2. The molecule has 0 spiro atoms. The van der Waals surface area contributed by atoms with Gasteiger partial charge in [0.15, 0.2) is 11.6 Å². The molecule has 0 bridgehead atoms. The molecule has 0 fully saturated rings. The quantitative estimate of drug-likeness (QED) is 0.500. The van der Waals surface area contributed by atoms with Crippen LogP contribution in [-0.2, 0) is 0 Å². The number of carbonyl (C=O) groups excluding carboxylic acids is 1. The number of hydrogen-bond donors (Lipinski definition) is 2. The van der Waals surface area contributed by atoms with E-state index in [0.717, 1.165) is 6.42 Å². The first-order valence-corrected chi connectivity index (χ1v) is 9.53. The summed E-state index contributed by atoms with van der Waals surface area (Å²) in [7, 11) is 0. The Labute approximate surface area is 167 Å². The van der Waals surface area contributed by atoms with Crippen LogP contribution in [0, 0.1) is 0 Å². The van der Waals surface area contributed by atoms with Gasteiger partial charge in [0.05, 0.1) is 22.2 Å². The Hall–Kier alpha value is -3.67. The van der Waals surface area contributed by atoms with E-state index >= 15 is 0 Å². The maximum Gasteiger partial charge on any atom is 0.259 e. The van der Waals surface area contributed by atoms with Crippen LogP contribution in [0.5, 0.6) is 5.75 Å². The second-order valence-electron chi connectivity index (χ2n) is 7.06. The number of para-hydroxylation sites is 2. The van der Waals surface area contributed by atoms with E-state index in [4.69, 9.17) is 0 Å². The van der Waals surface area contributed by atoms with Crippen LogP contribution in [0.1, 0.15) is 42.2 Å². The highest BCUT2D eigenvalue weighted by Crippen LogP contribution is 2.28. The Bertz CT molecular complexity index is 1270. The number of aromatic nitrogens is 3. The maximum absolute atomic E-state index is 13.0. The van der Waals surface area contributed by atoms with Crippen molar-refractivity contribution in [3.8, 4) is 17.3 Å². The maximum atomic E-state index is 13.0. The average Bonchev–Trinajstić information content (AvgIpc) is 3.18. The Morgan fingerprint density at radius 3 is 2.66 bits per heavy atom. The van der Waals surface area contributed by atoms with Gasteiger partial charge in [-0.25, -0.2) is 4.98 Å². The SMILES string of the molecule is CC[C@@H](C)n1cc(C(=O)c2ccccc2O)cc1-c1nc2ccccc2c(=O)[nH]1. The third-order valence-electron chi connectivity index (χ3n) is 5.18. The van der Waals surface area contributed by atoms with E-state index in [9.17, 15) is 14.7 Å². The van der Waals surface area contributed by atoms with Crippen molar-refractivity contribution in [1.29, 1.82) is 0 Å². The highest BCUT2D eigenvalue weighted by Gasteiger charge is 2.20. The normalized spacial score (nSPS) is 12.2. The van der Waals surface area contributed by atoms with Crippen LogP contribution < -0.4 is 5.56 Å². The van der Waals surface area contributed by atoms with Crippen molar-refractivity contribution in [3.63, 3.8) is 0 Å². The van der Waals surface area contributed by atoms with Gasteiger partial charge >= 0.3 is 0 Å². The number of H-pyrrole nitrogens is 1. The number of hydrogen-bond acceptors (Lipinski definition) is 4. The number of ketones is 1. The van der Waals surface area contributed by atoms with E-state index in [1.807, 2.05) is 17.6 Å². The first kappa shape index (κ1) is 18.7. The first-order valence-electron chi connectivity index (χ1n) is 9.53. The summed E-state index contributed by atoms with van der Waals surface area (Å²) < 4.78 is 1.94. The van der Waals surface area contributed by atoms with Gasteiger partial charge in [-0.15, -0.1) is 0 Å². The number of fused-ring (bicyclic) bond motifs is 1. The second-order valence-corrected chi connectivity index (χ2v) is 7.06. The van der Waals surface area contributed by atoms with Crippen molar-refractivity contribution in [1.82, 2.24) is 14.5 Å². The summed E-state index contributed by atoms with van der Waals surface area (Å²) in [6.45, 7) is 4.09. The average molecular weight is 387 g/mol. The minimum Gasteiger partial charge on any atom is -0.507 e. The number of carbonyl (C=O) groups is 1. The number of phenolic OH excluding ortho intramolecular Hbond substituents is 1. The smallest absolute Gasteiger partial charge is 0.259 e. The van der Waals surface area contributed by atoms with E-state index < -0.39 is 0 Å². The molecule has 4 aromatic rings. The van der Waals surface area contributed by atoms with Crippen molar-refractivity contribution >= 4 is 16.7 Å². The standard InChI is InChI=1S/C23H21N3O3/c1-3-14(2)26-13-15(21(28)17-9-5-7-11-20(17)27)12-19(26)22-24-18-10-6-4-8-16(18)23(29)25-22/h4-14,27H,3H2,1-2H3,(H,24,25,29)/t14-/m1/s1. The van der Waals surface area contributed by atoms with Gasteiger partial charge in [0, 0.05) is 17.8 Å². The van der Waals surface area contributed by atoms with E-state index in [-0.39, 0.29) is 28.7 Å². The molecular weight excluding hydrogens is 366 g/mol. The molecule has 2 heterocycles. The number of rotatable bonds is 5. The molecule has 0 aliphatic carbocycles. The van der Waals surface area contributed by atoms with Crippen molar-refractivity contribution in [3.05, 3.63) is 82.3 Å². The lowest BCUT2D eigenvalue weighted by atomic mass is 10.0. The van der Waals surface area contributed by atoms with E-state index in [1.54, 1.807) is 48.7 Å². The summed E-state index contributed by atoms with van der Waals surface area (Å²) in [6, 6.07) is 15.4. The number of nitrogens with one attached hydrogen (secondary N) is 1. The van der Waals surface area contributed by atoms with Gasteiger partial charge < -0.3 is 14.7 Å². The van der Waals surface area contributed by atoms with Gasteiger partial charge in [-0.05, 0) is 43.7 Å². The van der Waals surface area contributed by atoms with E-state index in [2.05, 4.69) is 16.9 Å². The summed E-state index contributed by atoms with van der Waals surface area (Å²) in [5.41, 5.74) is 1.69. The number of benzene rings is 2. The number of phenols is 1. The van der Waals surface area contributed by atoms with Gasteiger partial charge in [-0.1, -0.05) is 31.2 Å². The van der Waals surface area contributed by atoms with E-state index in [0.29, 0.717) is 28.0 Å². The zero-order valence-corrected chi connectivity index (χ0v) is 16.2. The topological polar surface area (TPSA) is 88.0 Å². The van der Waals surface area contributed by atoms with Crippen LogP contribution in [0.2, 0.25) is 0 Å². The molecule has 0 unspecified atom stereocenters. The Morgan fingerprint density at radius 1 is 1.17 bits per heavy atom. The molecule has 0 radical (unpaired) electrons. The molecule has 2 aromatic heterocycles. The van der Waals surface area contributed by atoms with Crippen LogP contribution in [0.3, 0.4) is 0 Å². The monoisotopic (exact) mass is 387 g/mol. The number of aromatic hydroxyl groups is 1. The van der Waals surface area contributed by atoms with Crippen LogP contribution >= 0.6 is 0 Å². The fourth-order valence-corrected chi connectivity index (χ4v) is 3.38. The fraction of sp³-hybridized carbons (Fsp3) is 0.174. The largest absolute Gasteiger partial charge is 0.507 e. The molecule has 2 N–H and O–H groups in total. The van der Waals surface area contributed by atoms with Gasteiger partial charge in [-0.3, -0.25) is 9.59 Å². The minimum atomic E-state index is -0.283. The summed E-state index contributed by atoms with van der Waals surface area (Å²) in [5, 5.41) is 10.6. The summed E-state index contributed by atoms with van der Waals surface area (Å²) in [4.78, 5) is 33.0. The van der Waals surface area contributed by atoms with Crippen LogP contribution in [-0.4, -0.2) is 25.4 Å². The predicted molar refractivity (Wildman–Crippen MR) is 112 cm³/mol. The number of nitrogens with zero attached hydrogens (tertiary/aromatic N) is 2. The highest BCUT2D eigenvalue weighted by molar-refractivity contribution is 6.11. The lowest BCUT2D eigenvalue weighted by Gasteiger charge is -2.15. The fourth-order valence-electron chi connectivity index (χ4n) is 3.38. The Kier molecular flexibility index (Phi) is 4.76. The first-order chi connectivity index (χ1) is 14.0. The Morgan fingerprint density at radius 2 is 1.90 bits per heavy atom. The lowest BCUT2D eigenvalue weighted by molar-refractivity contribution is 0.103. The third-order valence-corrected chi connectivity index (χ3v) is 5.18. The van der Waals surface area contributed by atoms with Gasteiger partial charge in [0.2, 0.25) is 0 Å². The van der Waals surface area contributed by atoms with Crippen molar-refractivity contribution in [2.45, 2.75) is 26.3 Å². The minimum absolute atomic E-state index is 0.0624. The van der Waals surface area contributed by atoms with Crippen LogP contribution in [0.4, 0.5) is 0 Å². The molecular formula is C23H21N3O3. The zero-order chi connectivity index (χ0) is 20.5. The molecule has 146 valence electrons. The van der Waals surface area contributed by atoms with Crippen molar-refractivity contribution < 1.29 is 9.90 Å². The highest BCUT2D eigenvalue weighted by atomic mass is 16.3. The third kappa shape index (κ3) is 3.33. The lowest BCUT2D eigenvalue weighted by Crippen LogP contribution is -2.12. The molecule has 0 amide bonds. The molecule has 0 saturated carbocycles. The molecule has 2 aromatic carbocycles. The molecule has 6 nitrogen and oxygen atoms in total. The number of aromatic amines is 1. The summed E-state index contributed by atoms with van der Waals surface area (Å²) >= 11 is 0. The van der Waals surface area contributed by atoms with Gasteiger partial charge in [0.1, 0.15) is 5.75 Å². The van der Waals surface area contributed by atoms with E-state index in [1.165, 1.54) is 6.07 Å². The van der Waals surface area contributed by atoms with Crippen LogP contribution in [0.25, 0.3) is 22.4 Å². The van der Waals surface area contributed by atoms with Gasteiger partial charge in [-0.2, -0.15) is 0 Å². The Balaban J connectivity index is 1.89. The molecule has 1 atom stereocenters. The molecule has 0 aliphatic rings. The second kappa shape index (κ2) is 7.39.